The van der Waals surface area contributed by atoms with Gasteiger partial charge in [0.15, 0.2) is 0 Å². The van der Waals surface area contributed by atoms with Crippen LogP contribution in [-0.2, 0) is 0 Å². The summed E-state index contributed by atoms with van der Waals surface area (Å²) in [5, 5.41) is 3.51. The molecule has 20 heavy (non-hydrogen) atoms. The third kappa shape index (κ3) is 3.36. The summed E-state index contributed by atoms with van der Waals surface area (Å²) < 4.78 is 0. The first-order valence-electron chi connectivity index (χ1n) is 7.65. The van der Waals surface area contributed by atoms with Crippen LogP contribution in [-0.4, -0.2) is 37.6 Å². The highest BCUT2D eigenvalue weighted by Gasteiger charge is 2.33. The summed E-state index contributed by atoms with van der Waals surface area (Å²) in [5.74, 6) is 0.749. The van der Waals surface area contributed by atoms with E-state index in [1.807, 2.05) is 0 Å². The standard InChI is InChI=1S/C17H26N2.ClH/c1-14-5-3-4-6-16(14)15-7-10-19(11-15)13-17(2)8-9-18-12-17;/h3-6,15,18H,7-13H2,1-2H3;1H. The highest BCUT2D eigenvalue weighted by Crippen LogP contribution is 2.33. The first-order valence-corrected chi connectivity index (χ1v) is 7.65. The Morgan fingerprint density at radius 3 is 2.85 bits per heavy atom. The average Bonchev–Trinajstić information content (AvgIpc) is 3.00. The van der Waals surface area contributed by atoms with Crippen molar-refractivity contribution < 1.29 is 0 Å². The van der Waals surface area contributed by atoms with Crippen molar-refractivity contribution in [3.8, 4) is 0 Å². The number of nitrogens with one attached hydrogen (secondary N) is 1. The second-order valence-electron chi connectivity index (χ2n) is 6.81. The van der Waals surface area contributed by atoms with Crippen molar-refractivity contribution >= 4 is 12.4 Å². The van der Waals surface area contributed by atoms with Crippen molar-refractivity contribution in [1.29, 1.82) is 0 Å². The molecule has 2 fully saturated rings. The molecule has 2 unspecified atom stereocenters. The molecule has 0 aliphatic carbocycles. The number of rotatable bonds is 3. The van der Waals surface area contributed by atoms with Crippen LogP contribution in [0.25, 0.3) is 0 Å². The van der Waals surface area contributed by atoms with Crippen molar-refractivity contribution in [1.82, 2.24) is 10.2 Å². The minimum Gasteiger partial charge on any atom is -0.316 e. The molecule has 0 aromatic heterocycles. The molecule has 1 aromatic rings. The van der Waals surface area contributed by atoms with Crippen molar-refractivity contribution in [3.63, 3.8) is 0 Å². The predicted octanol–water partition coefficient (Wildman–Crippen LogP) is 3.21. The van der Waals surface area contributed by atoms with E-state index in [-0.39, 0.29) is 12.4 Å². The van der Waals surface area contributed by atoms with Gasteiger partial charge in [-0.1, -0.05) is 31.2 Å². The molecule has 0 radical (unpaired) electrons. The van der Waals surface area contributed by atoms with Gasteiger partial charge < -0.3 is 10.2 Å². The highest BCUT2D eigenvalue weighted by atomic mass is 35.5. The van der Waals surface area contributed by atoms with E-state index in [1.165, 1.54) is 51.1 Å². The molecule has 3 rings (SSSR count). The van der Waals surface area contributed by atoms with E-state index in [2.05, 4.69) is 48.3 Å². The Kier molecular flexibility index (Phi) is 5.11. The second-order valence-corrected chi connectivity index (χ2v) is 6.81. The van der Waals surface area contributed by atoms with Gasteiger partial charge in [0, 0.05) is 19.6 Å². The molecule has 0 bridgehead atoms. The first-order chi connectivity index (χ1) is 9.16. The zero-order valence-corrected chi connectivity index (χ0v) is 13.5. The molecule has 2 saturated heterocycles. The monoisotopic (exact) mass is 294 g/mol. The fourth-order valence-electron chi connectivity index (χ4n) is 3.82. The van der Waals surface area contributed by atoms with E-state index in [1.54, 1.807) is 5.56 Å². The van der Waals surface area contributed by atoms with Crippen molar-refractivity contribution in [2.75, 3.05) is 32.7 Å². The molecular formula is C17H27ClN2. The molecule has 2 aliphatic heterocycles. The molecule has 1 N–H and O–H groups in total. The van der Waals surface area contributed by atoms with Crippen LogP contribution >= 0.6 is 12.4 Å². The van der Waals surface area contributed by atoms with Gasteiger partial charge in [-0.05, 0) is 55.3 Å². The summed E-state index contributed by atoms with van der Waals surface area (Å²) in [4.78, 5) is 2.68. The lowest BCUT2D eigenvalue weighted by atomic mass is 9.89. The quantitative estimate of drug-likeness (QED) is 0.921. The summed E-state index contributed by atoms with van der Waals surface area (Å²) in [6.07, 6.45) is 2.66. The number of benzene rings is 1. The molecule has 1 aromatic carbocycles. The van der Waals surface area contributed by atoms with Crippen LogP contribution < -0.4 is 5.32 Å². The maximum atomic E-state index is 3.51. The summed E-state index contributed by atoms with van der Waals surface area (Å²) in [5.41, 5.74) is 3.53. The normalized spacial score (nSPS) is 30.4. The van der Waals surface area contributed by atoms with E-state index in [0.717, 1.165) is 5.92 Å². The van der Waals surface area contributed by atoms with Crippen molar-refractivity contribution in [2.24, 2.45) is 5.41 Å². The van der Waals surface area contributed by atoms with Gasteiger partial charge >= 0.3 is 0 Å². The number of likely N-dealkylation sites (tertiary alicyclic amines) is 1. The maximum absolute atomic E-state index is 3.51. The Morgan fingerprint density at radius 1 is 1.35 bits per heavy atom. The van der Waals surface area contributed by atoms with Crippen LogP contribution in [0.5, 0.6) is 0 Å². The lowest BCUT2D eigenvalue weighted by molar-refractivity contribution is 0.207. The number of nitrogens with zero attached hydrogens (tertiary/aromatic N) is 1. The van der Waals surface area contributed by atoms with Crippen molar-refractivity contribution in [2.45, 2.75) is 32.6 Å². The van der Waals surface area contributed by atoms with Crippen LogP contribution in [0.4, 0.5) is 0 Å². The summed E-state index contributed by atoms with van der Waals surface area (Å²) in [6.45, 7) is 10.9. The zero-order chi connectivity index (χ0) is 13.3. The van der Waals surface area contributed by atoms with Gasteiger partial charge in [0.05, 0.1) is 0 Å². The largest absolute Gasteiger partial charge is 0.316 e. The summed E-state index contributed by atoms with van der Waals surface area (Å²) in [7, 11) is 0. The lowest BCUT2D eigenvalue weighted by Crippen LogP contribution is -2.36. The van der Waals surface area contributed by atoms with E-state index in [9.17, 15) is 0 Å². The van der Waals surface area contributed by atoms with Crippen molar-refractivity contribution in [3.05, 3.63) is 35.4 Å². The average molecular weight is 295 g/mol. The van der Waals surface area contributed by atoms with Gasteiger partial charge in [-0.25, -0.2) is 0 Å². The van der Waals surface area contributed by atoms with Gasteiger partial charge in [0.25, 0.3) is 0 Å². The highest BCUT2D eigenvalue weighted by molar-refractivity contribution is 5.85. The maximum Gasteiger partial charge on any atom is 0.00511 e. The van der Waals surface area contributed by atoms with Gasteiger partial charge in [-0.15, -0.1) is 12.4 Å². The van der Waals surface area contributed by atoms with Crippen LogP contribution in [0.1, 0.15) is 36.8 Å². The fraction of sp³-hybridized carbons (Fsp3) is 0.647. The predicted molar refractivity (Wildman–Crippen MR) is 87.8 cm³/mol. The Hall–Kier alpha value is -0.570. The zero-order valence-electron chi connectivity index (χ0n) is 12.7. The molecule has 0 spiro atoms. The van der Waals surface area contributed by atoms with E-state index >= 15 is 0 Å². The molecule has 2 atom stereocenters. The molecule has 112 valence electrons. The Bertz CT molecular complexity index is 440. The summed E-state index contributed by atoms with van der Waals surface area (Å²) in [6, 6.07) is 8.91. The number of hydrogen-bond donors (Lipinski definition) is 1. The van der Waals surface area contributed by atoms with E-state index in [0.29, 0.717) is 5.41 Å². The van der Waals surface area contributed by atoms with Gasteiger partial charge in [-0.2, -0.15) is 0 Å². The molecular weight excluding hydrogens is 268 g/mol. The van der Waals surface area contributed by atoms with Crippen LogP contribution in [0.15, 0.2) is 24.3 Å². The third-order valence-corrected chi connectivity index (χ3v) is 4.96. The van der Waals surface area contributed by atoms with Crippen LogP contribution in [0.2, 0.25) is 0 Å². The fourth-order valence-corrected chi connectivity index (χ4v) is 3.82. The van der Waals surface area contributed by atoms with Gasteiger partial charge in [0.1, 0.15) is 0 Å². The first kappa shape index (κ1) is 15.8. The van der Waals surface area contributed by atoms with Gasteiger partial charge in [-0.3, -0.25) is 0 Å². The smallest absolute Gasteiger partial charge is 0.00511 e. The molecule has 0 saturated carbocycles. The van der Waals surface area contributed by atoms with Crippen LogP contribution in [0.3, 0.4) is 0 Å². The summed E-state index contributed by atoms with van der Waals surface area (Å²) >= 11 is 0. The molecule has 0 amide bonds. The molecule has 2 nitrogen and oxygen atoms in total. The third-order valence-electron chi connectivity index (χ3n) is 4.96. The van der Waals surface area contributed by atoms with E-state index < -0.39 is 0 Å². The minimum absolute atomic E-state index is 0. The molecule has 2 heterocycles. The Morgan fingerprint density at radius 2 is 2.15 bits per heavy atom. The number of aryl methyl sites for hydroxylation is 1. The van der Waals surface area contributed by atoms with Gasteiger partial charge in [0.2, 0.25) is 0 Å². The van der Waals surface area contributed by atoms with E-state index in [4.69, 9.17) is 0 Å². The second kappa shape index (κ2) is 6.46. The Balaban J connectivity index is 0.00000147. The number of hydrogen-bond acceptors (Lipinski definition) is 2. The SMILES string of the molecule is Cc1ccccc1C1CCN(CC2(C)CCNC2)C1.Cl. The number of halogens is 1. The topological polar surface area (TPSA) is 15.3 Å². The minimum atomic E-state index is 0. The lowest BCUT2D eigenvalue weighted by Gasteiger charge is -2.29. The molecule has 3 heteroatoms. The van der Waals surface area contributed by atoms with Crippen LogP contribution in [0, 0.1) is 12.3 Å². The Labute approximate surface area is 129 Å². The molecule has 2 aliphatic rings.